The van der Waals surface area contributed by atoms with Gasteiger partial charge in [-0.2, -0.15) is 0 Å². The van der Waals surface area contributed by atoms with Crippen molar-refractivity contribution in [1.82, 2.24) is 0 Å². The number of methoxy groups -OCH3 is 2. The number of carbonyl (C=O) groups excluding carboxylic acids is 1. The molecule has 2 aromatic carbocycles. The van der Waals surface area contributed by atoms with Crippen LogP contribution in [0.4, 0.5) is 5.69 Å². The van der Waals surface area contributed by atoms with Gasteiger partial charge in [-0.1, -0.05) is 36.4 Å². The zero-order valence-electron chi connectivity index (χ0n) is 14.6. The molecule has 1 atom stereocenters. The summed E-state index contributed by atoms with van der Waals surface area (Å²) in [6.07, 6.45) is 0.428. The Bertz CT molecular complexity index is 949. The van der Waals surface area contributed by atoms with Crippen molar-refractivity contribution in [2.24, 2.45) is 0 Å². The van der Waals surface area contributed by atoms with Gasteiger partial charge < -0.3 is 14.8 Å². The van der Waals surface area contributed by atoms with Gasteiger partial charge >= 0.3 is 0 Å². The summed E-state index contributed by atoms with van der Waals surface area (Å²) in [4.78, 5) is 13.6. The van der Waals surface area contributed by atoms with Gasteiger partial charge in [0.1, 0.15) is 0 Å². The predicted octanol–water partition coefficient (Wildman–Crippen LogP) is 4.91. The summed E-state index contributed by atoms with van der Waals surface area (Å²) in [6, 6.07) is 16.0. The molecule has 0 unspecified atom stereocenters. The first kappa shape index (κ1) is 16.7. The molecule has 5 heteroatoms. The molecule has 4 nitrogen and oxygen atoms in total. The fraction of sp³-hybridized carbons (Fsp3) is 0.190. The molecule has 1 aliphatic rings. The molecule has 0 radical (unpaired) electrons. The van der Waals surface area contributed by atoms with E-state index in [9.17, 15) is 4.79 Å². The van der Waals surface area contributed by atoms with Gasteiger partial charge in [-0.15, -0.1) is 11.3 Å². The number of ether oxygens (including phenoxy) is 2. The van der Waals surface area contributed by atoms with Crippen LogP contribution in [0.15, 0.2) is 53.9 Å². The van der Waals surface area contributed by atoms with E-state index in [0.29, 0.717) is 17.9 Å². The Labute approximate surface area is 156 Å². The van der Waals surface area contributed by atoms with E-state index in [-0.39, 0.29) is 11.8 Å². The summed E-state index contributed by atoms with van der Waals surface area (Å²) in [7, 11) is 3.24. The molecule has 26 heavy (non-hydrogen) atoms. The molecule has 1 aromatic heterocycles. The number of amides is 1. The third kappa shape index (κ3) is 2.84. The molecule has 0 saturated carbocycles. The summed E-state index contributed by atoms with van der Waals surface area (Å²) in [6.45, 7) is 0. The topological polar surface area (TPSA) is 47.6 Å². The van der Waals surface area contributed by atoms with E-state index in [0.717, 1.165) is 22.4 Å². The zero-order chi connectivity index (χ0) is 18.1. The molecule has 1 N–H and O–H groups in total. The largest absolute Gasteiger partial charge is 0.493 e. The van der Waals surface area contributed by atoms with Crippen molar-refractivity contribution in [3.8, 4) is 22.6 Å². The molecular weight excluding hydrogens is 346 g/mol. The first-order valence-corrected chi connectivity index (χ1v) is 9.27. The second kappa shape index (κ2) is 6.84. The van der Waals surface area contributed by atoms with Crippen molar-refractivity contribution in [3.05, 3.63) is 64.4 Å². The van der Waals surface area contributed by atoms with Crippen LogP contribution in [0.1, 0.15) is 22.8 Å². The molecule has 3 aromatic rings. The number of fused-ring (bicyclic) bond motifs is 1. The number of benzene rings is 2. The molecule has 0 spiro atoms. The first-order chi connectivity index (χ1) is 12.7. The number of carbonyl (C=O) groups is 1. The number of hydrogen-bond donors (Lipinski definition) is 1. The Hall–Kier alpha value is -2.79. The highest BCUT2D eigenvalue weighted by atomic mass is 32.1. The van der Waals surface area contributed by atoms with Crippen LogP contribution >= 0.6 is 11.3 Å². The van der Waals surface area contributed by atoms with Crippen molar-refractivity contribution in [2.75, 3.05) is 19.5 Å². The average Bonchev–Trinajstić information content (AvgIpc) is 3.11. The maximum atomic E-state index is 12.4. The third-order valence-corrected chi connectivity index (χ3v) is 5.78. The van der Waals surface area contributed by atoms with Crippen molar-refractivity contribution in [1.29, 1.82) is 0 Å². The third-order valence-electron chi connectivity index (χ3n) is 4.68. The van der Waals surface area contributed by atoms with E-state index in [2.05, 4.69) is 22.8 Å². The number of rotatable bonds is 4. The second-order valence-corrected chi connectivity index (χ2v) is 7.09. The van der Waals surface area contributed by atoms with E-state index >= 15 is 0 Å². The minimum absolute atomic E-state index is 0.0148. The van der Waals surface area contributed by atoms with Gasteiger partial charge in [0.05, 0.1) is 19.9 Å². The smallest absolute Gasteiger partial charge is 0.225 e. The Morgan fingerprint density at radius 1 is 1.04 bits per heavy atom. The average molecular weight is 365 g/mol. The van der Waals surface area contributed by atoms with Gasteiger partial charge in [0.15, 0.2) is 11.5 Å². The van der Waals surface area contributed by atoms with Gasteiger partial charge in [-0.3, -0.25) is 4.79 Å². The quantitative estimate of drug-likeness (QED) is 0.715. The van der Waals surface area contributed by atoms with Crippen LogP contribution in [-0.4, -0.2) is 20.1 Å². The molecule has 0 aliphatic carbocycles. The molecule has 132 valence electrons. The fourth-order valence-corrected chi connectivity index (χ4v) is 4.56. The lowest BCUT2D eigenvalue weighted by molar-refractivity contribution is -0.116. The predicted molar refractivity (Wildman–Crippen MR) is 104 cm³/mol. The van der Waals surface area contributed by atoms with E-state index in [1.54, 1.807) is 25.6 Å². The Morgan fingerprint density at radius 3 is 2.54 bits per heavy atom. The monoisotopic (exact) mass is 365 g/mol. The van der Waals surface area contributed by atoms with Crippen molar-refractivity contribution in [2.45, 2.75) is 12.3 Å². The highest BCUT2D eigenvalue weighted by Crippen LogP contribution is 2.47. The maximum absolute atomic E-state index is 12.4. The summed E-state index contributed by atoms with van der Waals surface area (Å²) in [5.41, 5.74) is 4.17. The van der Waals surface area contributed by atoms with Crippen molar-refractivity contribution >= 4 is 22.9 Å². The molecule has 0 fully saturated rings. The van der Waals surface area contributed by atoms with Crippen LogP contribution in [0.25, 0.3) is 11.1 Å². The molecule has 4 rings (SSSR count). The van der Waals surface area contributed by atoms with Crippen LogP contribution < -0.4 is 14.8 Å². The van der Waals surface area contributed by atoms with Crippen molar-refractivity contribution < 1.29 is 14.3 Å². The fourth-order valence-electron chi connectivity index (χ4n) is 3.40. The molecule has 2 heterocycles. The van der Waals surface area contributed by atoms with Crippen LogP contribution in [0.2, 0.25) is 0 Å². The number of hydrogen-bond acceptors (Lipinski definition) is 4. The Balaban J connectivity index is 1.79. The maximum Gasteiger partial charge on any atom is 0.225 e. The van der Waals surface area contributed by atoms with Gasteiger partial charge in [0, 0.05) is 28.2 Å². The van der Waals surface area contributed by atoms with Gasteiger partial charge in [0.25, 0.3) is 0 Å². The minimum atomic E-state index is 0.0148. The van der Waals surface area contributed by atoms with E-state index in [4.69, 9.17) is 9.47 Å². The van der Waals surface area contributed by atoms with Gasteiger partial charge in [-0.05, 0) is 23.3 Å². The zero-order valence-corrected chi connectivity index (χ0v) is 15.4. The highest BCUT2D eigenvalue weighted by Gasteiger charge is 2.30. The highest BCUT2D eigenvalue weighted by molar-refractivity contribution is 7.11. The Morgan fingerprint density at radius 2 is 1.81 bits per heavy atom. The molecule has 0 bridgehead atoms. The standard InChI is InChI=1S/C21H19NO3S/c1-24-17-9-8-14(10-18(17)25-2)15-11-19(23)22-20-16(12-26-21(15)20)13-6-4-3-5-7-13/h3-10,12,15H,11H2,1-2H3,(H,22,23)/t15-/m1/s1. The van der Waals surface area contributed by atoms with E-state index in [1.165, 1.54) is 4.88 Å². The first-order valence-electron chi connectivity index (χ1n) is 8.40. The lowest BCUT2D eigenvalue weighted by Gasteiger charge is -2.24. The number of anilines is 1. The molecule has 1 amide bonds. The summed E-state index contributed by atoms with van der Waals surface area (Å²) in [5, 5.41) is 5.20. The van der Waals surface area contributed by atoms with Crippen molar-refractivity contribution in [3.63, 3.8) is 0 Å². The summed E-state index contributed by atoms with van der Waals surface area (Å²) >= 11 is 1.69. The van der Waals surface area contributed by atoms with E-state index in [1.807, 2.05) is 36.4 Å². The van der Waals surface area contributed by atoms with Gasteiger partial charge in [-0.25, -0.2) is 0 Å². The SMILES string of the molecule is COc1ccc([C@H]2CC(=O)Nc3c(-c4ccccc4)csc32)cc1OC. The lowest BCUT2D eigenvalue weighted by Crippen LogP contribution is -2.22. The van der Waals surface area contributed by atoms with Crippen LogP contribution in [0, 0.1) is 0 Å². The van der Waals surface area contributed by atoms with Gasteiger partial charge in [0.2, 0.25) is 5.91 Å². The van der Waals surface area contributed by atoms with Crippen LogP contribution in [-0.2, 0) is 4.79 Å². The van der Waals surface area contributed by atoms with E-state index < -0.39 is 0 Å². The van der Waals surface area contributed by atoms with Crippen LogP contribution in [0.5, 0.6) is 11.5 Å². The second-order valence-electron chi connectivity index (χ2n) is 6.17. The number of thiophene rings is 1. The summed E-state index contributed by atoms with van der Waals surface area (Å²) in [5.74, 6) is 1.42. The number of nitrogens with one attached hydrogen (secondary N) is 1. The Kier molecular flexibility index (Phi) is 4.39. The molecular formula is C21H19NO3S. The lowest BCUT2D eigenvalue weighted by atomic mass is 9.89. The van der Waals surface area contributed by atoms with Crippen LogP contribution in [0.3, 0.4) is 0 Å². The summed E-state index contributed by atoms with van der Waals surface area (Å²) < 4.78 is 10.8. The molecule has 1 aliphatic heterocycles. The molecule has 0 saturated heterocycles. The minimum Gasteiger partial charge on any atom is -0.493 e. The normalized spacial score (nSPS) is 15.9.